The van der Waals surface area contributed by atoms with E-state index in [-0.39, 0.29) is 0 Å². The molecule has 2 heterocycles. The van der Waals surface area contributed by atoms with Crippen LogP contribution in [-0.2, 0) is 0 Å². The maximum atomic E-state index is 4.65. The maximum absolute atomic E-state index is 4.65. The van der Waals surface area contributed by atoms with E-state index in [2.05, 4.69) is 65.9 Å². The second-order valence-electron chi connectivity index (χ2n) is 6.33. The number of H-pyrrole nitrogens is 1. The van der Waals surface area contributed by atoms with Crippen LogP contribution in [0.15, 0.2) is 75.6 Å². The molecule has 3 nitrogen and oxygen atoms in total. The topological polar surface area (TPSA) is 41.0 Å². The lowest BCUT2D eigenvalue weighted by atomic mass is 10.3. The van der Waals surface area contributed by atoms with E-state index in [0.717, 1.165) is 41.7 Å². The minimum Gasteiger partial charge on any atom is -0.337 e. The summed E-state index contributed by atoms with van der Waals surface area (Å²) in [5, 5.41) is 0. The number of aromatic nitrogens is 2. The molecule has 2 aromatic rings. The molecule has 0 bridgehead atoms. The van der Waals surface area contributed by atoms with E-state index < -0.39 is 0 Å². The molecule has 1 N–H and O–H groups in total. The molecular formula is C23H27N3S3. The van der Waals surface area contributed by atoms with Gasteiger partial charge in [0.1, 0.15) is 5.82 Å². The van der Waals surface area contributed by atoms with Gasteiger partial charge in [-0.1, -0.05) is 55.4 Å². The number of aromatic amines is 1. The average molecular weight is 442 g/mol. The van der Waals surface area contributed by atoms with Crippen LogP contribution < -0.4 is 0 Å². The normalized spacial score (nSPS) is 12.9. The molecule has 0 spiro atoms. The second-order valence-corrected chi connectivity index (χ2v) is 10.1. The molecule has 152 valence electrons. The highest BCUT2D eigenvalue weighted by Gasteiger charge is 2.12. The summed E-state index contributed by atoms with van der Waals surface area (Å²) in [4.78, 5) is 19.0. The van der Waals surface area contributed by atoms with E-state index in [1.807, 2.05) is 33.9 Å². The summed E-state index contributed by atoms with van der Waals surface area (Å²) in [6, 6.07) is 4.14. The second kappa shape index (κ2) is 10.7. The van der Waals surface area contributed by atoms with Crippen LogP contribution >= 0.6 is 34.9 Å². The standard InChI is InChI=1S/C23H27N3S3/c1-9-15(5)28-18(8)16(6)25-17(7)21-11-12-22(29-21)23-24-13-19(26-23)20(10-2)27-14(3)4/h9-13H,3,6,8H2,1-2,4-5,7H3,(H,24,26)/b15-9-,20-10-,25-17?. The largest absolute Gasteiger partial charge is 0.337 e. The van der Waals surface area contributed by atoms with Gasteiger partial charge in [-0.3, -0.25) is 4.99 Å². The summed E-state index contributed by atoms with van der Waals surface area (Å²) in [6.07, 6.45) is 5.99. The van der Waals surface area contributed by atoms with Crippen molar-refractivity contribution in [2.24, 2.45) is 4.99 Å². The summed E-state index contributed by atoms with van der Waals surface area (Å²) in [7, 11) is 0. The number of hydrogen-bond donors (Lipinski definition) is 1. The van der Waals surface area contributed by atoms with Crippen molar-refractivity contribution in [2.75, 3.05) is 0 Å². The van der Waals surface area contributed by atoms with Crippen molar-refractivity contribution < 1.29 is 0 Å². The molecule has 0 saturated heterocycles. The Morgan fingerprint density at radius 1 is 1.10 bits per heavy atom. The third kappa shape index (κ3) is 6.49. The van der Waals surface area contributed by atoms with E-state index in [1.165, 1.54) is 4.91 Å². The van der Waals surface area contributed by atoms with E-state index in [4.69, 9.17) is 0 Å². The highest BCUT2D eigenvalue weighted by molar-refractivity contribution is 8.11. The fourth-order valence-corrected chi connectivity index (χ4v) is 4.60. The molecule has 0 amide bonds. The summed E-state index contributed by atoms with van der Waals surface area (Å²) in [5.41, 5.74) is 2.61. The summed E-state index contributed by atoms with van der Waals surface area (Å²) >= 11 is 4.89. The lowest BCUT2D eigenvalue weighted by Gasteiger charge is -2.06. The molecule has 0 radical (unpaired) electrons. The van der Waals surface area contributed by atoms with Gasteiger partial charge < -0.3 is 4.98 Å². The van der Waals surface area contributed by atoms with Crippen LogP contribution in [0.5, 0.6) is 0 Å². The van der Waals surface area contributed by atoms with Crippen molar-refractivity contribution >= 4 is 45.5 Å². The lowest BCUT2D eigenvalue weighted by molar-refractivity contribution is 1.32. The number of thioether (sulfide) groups is 2. The third-order valence-corrected chi connectivity index (χ3v) is 7.16. The zero-order valence-electron chi connectivity index (χ0n) is 17.6. The minimum absolute atomic E-state index is 0.693. The van der Waals surface area contributed by atoms with Gasteiger partial charge in [-0.25, -0.2) is 4.98 Å². The zero-order valence-corrected chi connectivity index (χ0v) is 20.1. The van der Waals surface area contributed by atoms with Crippen LogP contribution in [0.25, 0.3) is 15.6 Å². The van der Waals surface area contributed by atoms with E-state index in [1.54, 1.807) is 34.9 Å². The fraction of sp³-hybridized carbons (Fsp3) is 0.217. The number of aliphatic imine (C=N–C) groups is 1. The quantitative estimate of drug-likeness (QED) is 0.314. The Morgan fingerprint density at radius 2 is 1.83 bits per heavy atom. The first-order chi connectivity index (χ1) is 13.7. The molecule has 0 aromatic carbocycles. The first-order valence-corrected chi connectivity index (χ1v) is 11.6. The third-order valence-electron chi connectivity index (χ3n) is 3.90. The lowest BCUT2D eigenvalue weighted by Crippen LogP contribution is -1.92. The molecule has 0 aliphatic heterocycles. The Balaban J connectivity index is 2.17. The Morgan fingerprint density at radius 3 is 2.45 bits per heavy atom. The number of nitrogens with one attached hydrogen (secondary N) is 1. The van der Waals surface area contributed by atoms with Gasteiger partial charge in [0.2, 0.25) is 0 Å². The Hall–Kier alpha value is -2.02. The predicted octanol–water partition coefficient (Wildman–Crippen LogP) is 8.26. The van der Waals surface area contributed by atoms with Crippen LogP contribution in [0.2, 0.25) is 0 Å². The van der Waals surface area contributed by atoms with Gasteiger partial charge in [-0.15, -0.1) is 11.3 Å². The monoisotopic (exact) mass is 441 g/mol. The van der Waals surface area contributed by atoms with E-state index >= 15 is 0 Å². The Bertz CT molecular complexity index is 1020. The molecule has 0 saturated carbocycles. The van der Waals surface area contributed by atoms with Crippen molar-refractivity contribution in [3.05, 3.63) is 81.2 Å². The minimum atomic E-state index is 0.693. The van der Waals surface area contributed by atoms with Crippen LogP contribution in [-0.4, -0.2) is 15.7 Å². The molecule has 0 aliphatic carbocycles. The van der Waals surface area contributed by atoms with Gasteiger partial charge in [0.15, 0.2) is 0 Å². The SMILES string of the molecule is C=C(C)S/C(=C\C)c1cnc(-c2ccc(C(C)=NC(=C)C(=C)S/C(C)=C\C)s2)[nH]1. The zero-order chi connectivity index (χ0) is 21.6. The number of hydrogen-bond acceptors (Lipinski definition) is 5. The first kappa shape index (κ1) is 23.3. The van der Waals surface area contributed by atoms with Crippen LogP contribution in [0.3, 0.4) is 0 Å². The molecule has 2 rings (SSSR count). The van der Waals surface area contributed by atoms with Crippen LogP contribution in [0.4, 0.5) is 0 Å². The number of rotatable bonds is 9. The van der Waals surface area contributed by atoms with Crippen molar-refractivity contribution in [2.45, 2.75) is 34.6 Å². The number of allylic oxidation sites excluding steroid dienone is 4. The number of nitrogens with zero attached hydrogens (tertiary/aromatic N) is 2. The van der Waals surface area contributed by atoms with E-state index in [0.29, 0.717) is 5.70 Å². The van der Waals surface area contributed by atoms with Crippen LogP contribution in [0, 0.1) is 0 Å². The summed E-state index contributed by atoms with van der Waals surface area (Å²) in [5.74, 6) is 0.855. The van der Waals surface area contributed by atoms with Gasteiger partial charge >= 0.3 is 0 Å². The van der Waals surface area contributed by atoms with Gasteiger partial charge in [-0.05, 0) is 56.6 Å². The van der Waals surface area contributed by atoms with Gasteiger partial charge in [0, 0.05) is 14.7 Å². The first-order valence-electron chi connectivity index (χ1n) is 9.15. The molecule has 29 heavy (non-hydrogen) atoms. The summed E-state index contributed by atoms with van der Waals surface area (Å²) < 4.78 is 0. The molecule has 0 atom stereocenters. The molecule has 0 aliphatic rings. The van der Waals surface area contributed by atoms with Gasteiger partial charge in [0.05, 0.1) is 28.2 Å². The van der Waals surface area contributed by atoms with Crippen molar-refractivity contribution in [3.63, 3.8) is 0 Å². The van der Waals surface area contributed by atoms with Crippen LogP contribution in [0.1, 0.15) is 45.2 Å². The average Bonchev–Trinajstić information content (AvgIpc) is 3.35. The Labute approximate surface area is 186 Å². The fourth-order valence-electron chi connectivity index (χ4n) is 2.32. The number of thiophene rings is 1. The predicted molar refractivity (Wildman–Crippen MR) is 135 cm³/mol. The van der Waals surface area contributed by atoms with Crippen molar-refractivity contribution in [3.8, 4) is 10.7 Å². The molecule has 0 fully saturated rings. The van der Waals surface area contributed by atoms with Gasteiger partial charge in [-0.2, -0.15) is 0 Å². The summed E-state index contributed by atoms with van der Waals surface area (Å²) in [6.45, 7) is 22.2. The molecule has 2 aromatic heterocycles. The molecule has 6 heteroatoms. The number of imidazole rings is 1. The van der Waals surface area contributed by atoms with Gasteiger partial charge in [0.25, 0.3) is 0 Å². The maximum Gasteiger partial charge on any atom is 0.147 e. The Kier molecular flexibility index (Phi) is 8.56. The van der Waals surface area contributed by atoms with Crippen molar-refractivity contribution in [1.29, 1.82) is 0 Å². The highest BCUT2D eigenvalue weighted by Crippen LogP contribution is 2.34. The highest BCUT2D eigenvalue weighted by atomic mass is 32.2. The van der Waals surface area contributed by atoms with Crippen molar-refractivity contribution in [1.82, 2.24) is 9.97 Å². The molecule has 0 unspecified atom stereocenters. The smallest absolute Gasteiger partial charge is 0.147 e. The molecular weight excluding hydrogens is 414 g/mol. The van der Waals surface area contributed by atoms with E-state index in [9.17, 15) is 0 Å².